The second-order valence-electron chi connectivity index (χ2n) is 4.84. The van der Waals surface area contributed by atoms with Crippen molar-refractivity contribution in [1.29, 1.82) is 0 Å². The molecule has 0 aliphatic carbocycles. The quantitative estimate of drug-likeness (QED) is 0.908. The van der Waals surface area contributed by atoms with Crippen LogP contribution in [0.4, 0.5) is 8.78 Å². The van der Waals surface area contributed by atoms with E-state index in [1.54, 1.807) is 6.07 Å². The van der Waals surface area contributed by atoms with Crippen molar-refractivity contribution < 1.29 is 13.5 Å². The molecule has 0 radical (unpaired) electrons. The molecule has 0 spiro atoms. The summed E-state index contributed by atoms with van der Waals surface area (Å²) >= 11 is 0. The van der Waals surface area contributed by atoms with Gasteiger partial charge in [0, 0.05) is 38.3 Å². The van der Waals surface area contributed by atoms with E-state index in [9.17, 15) is 8.78 Å². The number of piperazine rings is 1. The molecule has 106 valence electrons. The third-order valence-electron chi connectivity index (χ3n) is 3.41. The molecule has 19 heavy (non-hydrogen) atoms. The number of rotatable bonds is 4. The summed E-state index contributed by atoms with van der Waals surface area (Å²) in [5.74, 6) is -0.266. The van der Waals surface area contributed by atoms with Crippen molar-refractivity contribution in [1.82, 2.24) is 10.2 Å². The number of methoxy groups -OCH3 is 1. The molecule has 5 heteroatoms. The molecule has 1 atom stereocenters. The summed E-state index contributed by atoms with van der Waals surface area (Å²) < 4.78 is 32.4. The maximum absolute atomic E-state index is 13.9. The van der Waals surface area contributed by atoms with Crippen LogP contribution in [0.15, 0.2) is 12.1 Å². The average molecular weight is 270 g/mol. The molecular weight excluding hydrogens is 250 g/mol. The van der Waals surface area contributed by atoms with Gasteiger partial charge in [0.25, 0.3) is 0 Å². The fourth-order valence-electron chi connectivity index (χ4n) is 2.36. The zero-order valence-electron chi connectivity index (χ0n) is 11.4. The third kappa shape index (κ3) is 3.42. The van der Waals surface area contributed by atoms with Gasteiger partial charge in [-0.25, -0.2) is 8.78 Å². The van der Waals surface area contributed by atoms with E-state index in [1.807, 2.05) is 0 Å². The molecular formula is C14H20F2N2O. The summed E-state index contributed by atoms with van der Waals surface area (Å²) in [5, 5.41) is 3.26. The monoisotopic (exact) mass is 270 g/mol. The molecule has 1 fully saturated rings. The van der Waals surface area contributed by atoms with Gasteiger partial charge in [-0.1, -0.05) is 0 Å². The summed E-state index contributed by atoms with van der Waals surface area (Å²) in [6, 6.07) is 2.92. The van der Waals surface area contributed by atoms with Crippen molar-refractivity contribution in [2.24, 2.45) is 0 Å². The van der Waals surface area contributed by atoms with Crippen molar-refractivity contribution in [3.8, 4) is 5.75 Å². The maximum Gasteiger partial charge on any atom is 0.165 e. The highest BCUT2D eigenvalue weighted by Crippen LogP contribution is 2.29. The summed E-state index contributed by atoms with van der Waals surface area (Å²) in [6.45, 7) is 5.65. The van der Waals surface area contributed by atoms with Crippen molar-refractivity contribution in [3.05, 3.63) is 29.1 Å². The fraction of sp³-hybridized carbons (Fsp3) is 0.571. The first-order chi connectivity index (χ1) is 9.11. The Morgan fingerprint density at radius 2 is 2.05 bits per heavy atom. The van der Waals surface area contributed by atoms with Crippen LogP contribution in [0.25, 0.3) is 0 Å². The molecule has 0 bridgehead atoms. The first kappa shape index (κ1) is 14.2. The van der Waals surface area contributed by atoms with Gasteiger partial charge in [-0.05, 0) is 24.6 Å². The number of nitrogens with one attached hydrogen (secondary N) is 1. The molecule has 1 N–H and O–H groups in total. The summed E-state index contributed by atoms with van der Waals surface area (Å²) in [4.78, 5) is 2.21. The topological polar surface area (TPSA) is 24.5 Å². The van der Waals surface area contributed by atoms with Gasteiger partial charge in [0.15, 0.2) is 11.6 Å². The van der Waals surface area contributed by atoms with Gasteiger partial charge in [0.1, 0.15) is 6.17 Å². The van der Waals surface area contributed by atoms with Crippen LogP contribution in [0.3, 0.4) is 0 Å². The van der Waals surface area contributed by atoms with E-state index in [4.69, 9.17) is 4.74 Å². The van der Waals surface area contributed by atoms with Gasteiger partial charge in [0.05, 0.1) is 7.11 Å². The van der Waals surface area contributed by atoms with Crippen LogP contribution in [0.1, 0.15) is 24.2 Å². The standard InChI is InChI=1S/C14H20F2N2O/c1-10(15)11-7-12(14(19-2)13(16)8-11)9-18-5-3-17-4-6-18/h7-8,10,17H,3-6,9H2,1-2H3. The number of hydrogen-bond acceptors (Lipinski definition) is 3. The molecule has 2 rings (SSSR count). The summed E-state index contributed by atoms with van der Waals surface area (Å²) in [5.41, 5.74) is 1.08. The number of hydrogen-bond donors (Lipinski definition) is 1. The largest absolute Gasteiger partial charge is 0.493 e. The van der Waals surface area contributed by atoms with E-state index >= 15 is 0 Å². The van der Waals surface area contributed by atoms with Crippen LogP contribution in [-0.2, 0) is 6.54 Å². The van der Waals surface area contributed by atoms with Crippen LogP contribution < -0.4 is 10.1 Å². The average Bonchev–Trinajstić information content (AvgIpc) is 2.39. The highest BCUT2D eigenvalue weighted by atomic mass is 19.1. The smallest absolute Gasteiger partial charge is 0.165 e. The predicted octanol–water partition coefficient (Wildman–Crippen LogP) is 2.27. The minimum absolute atomic E-state index is 0.225. The highest BCUT2D eigenvalue weighted by molar-refractivity contribution is 5.39. The molecule has 0 amide bonds. The lowest BCUT2D eigenvalue weighted by molar-refractivity contribution is 0.229. The van der Waals surface area contributed by atoms with Gasteiger partial charge < -0.3 is 10.1 Å². The van der Waals surface area contributed by atoms with Gasteiger partial charge >= 0.3 is 0 Å². The maximum atomic E-state index is 13.9. The van der Waals surface area contributed by atoms with Crippen molar-refractivity contribution in [2.75, 3.05) is 33.3 Å². The van der Waals surface area contributed by atoms with E-state index < -0.39 is 12.0 Å². The van der Waals surface area contributed by atoms with E-state index in [-0.39, 0.29) is 5.75 Å². The zero-order valence-corrected chi connectivity index (χ0v) is 11.4. The number of nitrogens with zero attached hydrogens (tertiary/aromatic N) is 1. The lowest BCUT2D eigenvalue weighted by atomic mass is 10.1. The Labute approximate surface area is 112 Å². The second-order valence-corrected chi connectivity index (χ2v) is 4.84. The van der Waals surface area contributed by atoms with Gasteiger partial charge in [-0.2, -0.15) is 0 Å². The van der Waals surface area contributed by atoms with Crippen LogP contribution >= 0.6 is 0 Å². The predicted molar refractivity (Wildman–Crippen MR) is 70.6 cm³/mol. The van der Waals surface area contributed by atoms with E-state index in [1.165, 1.54) is 20.1 Å². The molecule has 3 nitrogen and oxygen atoms in total. The Morgan fingerprint density at radius 1 is 1.37 bits per heavy atom. The first-order valence-electron chi connectivity index (χ1n) is 6.55. The molecule has 0 aromatic heterocycles. The lowest BCUT2D eigenvalue weighted by Gasteiger charge is -2.28. The van der Waals surface area contributed by atoms with E-state index in [0.29, 0.717) is 17.7 Å². The van der Waals surface area contributed by atoms with E-state index in [2.05, 4.69) is 10.2 Å². The molecule has 1 heterocycles. The Bertz CT molecular complexity index is 432. The van der Waals surface area contributed by atoms with Gasteiger partial charge in [0.2, 0.25) is 0 Å². The summed E-state index contributed by atoms with van der Waals surface area (Å²) in [6.07, 6.45) is -1.18. The SMILES string of the molecule is COc1c(F)cc(C(C)F)cc1CN1CCNCC1. The zero-order chi connectivity index (χ0) is 13.8. The molecule has 1 aliphatic heterocycles. The highest BCUT2D eigenvalue weighted by Gasteiger charge is 2.18. The summed E-state index contributed by atoms with van der Waals surface area (Å²) in [7, 11) is 1.44. The number of ether oxygens (including phenoxy) is 1. The Balaban J connectivity index is 2.25. The van der Waals surface area contributed by atoms with Crippen molar-refractivity contribution >= 4 is 0 Å². The van der Waals surface area contributed by atoms with Crippen LogP contribution in [0.2, 0.25) is 0 Å². The fourth-order valence-corrected chi connectivity index (χ4v) is 2.36. The number of halogens is 2. The normalized spacial score (nSPS) is 18.3. The molecule has 1 aromatic rings. The number of benzene rings is 1. The molecule has 1 aromatic carbocycles. The minimum Gasteiger partial charge on any atom is -0.493 e. The lowest BCUT2D eigenvalue weighted by Crippen LogP contribution is -2.42. The first-order valence-corrected chi connectivity index (χ1v) is 6.55. The third-order valence-corrected chi connectivity index (χ3v) is 3.41. The Morgan fingerprint density at radius 3 is 2.63 bits per heavy atom. The van der Waals surface area contributed by atoms with Crippen LogP contribution in [0, 0.1) is 5.82 Å². The van der Waals surface area contributed by atoms with Crippen molar-refractivity contribution in [3.63, 3.8) is 0 Å². The Kier molecular flexibility index (Phi) is 4.71. The van der Waals surface area contributed by atoms with E-state index in [0.717, 1.165) is 26.2 Å². The van der Waals surface area contributed by atoms with Crippen molar-refractivity contribution in [2.45, 2.75) is 19.6 Å². The molecule has 1 aliphatic rings. The van der Waals surface area contributed by atoms with Gasteiger partial charge in [-0.15, -0.1) is 0 Å². The van der Waals surface area contributed by atoms with Crippen LogP contribution in [-0.4, -0.2) is 38.2 Å². The number of alkyl halides is 1. The van der Waals surface area contributed by atoms with Gasteiger partial charge in [-0.3, -0.25) is 4.90 Å². The molecule has 0 saturated carbocycles. The van der Waals surface area contributed by atoms with Crippen LogP contribution in [0.5, 0.6) is 5.75 Å². The second kappa shape index (κ2) is 6.30. The molecule has 1 unspecified atom stereocenters. The minimum atomic E-state index is -1.18. The Hall–Kier alpha value is -1.20. The molecule has 1 saturated heterocycles.